The van der Waals surface area contributed by atoms with Gasteiger partial charge < -0.3 is 5.32 Å². The van der Waals surface area contributed by atoms with E-state index in [1.807, 2.05) is 30.3 Å². The molecule has 2 aromatic carbocycles. The summed E-state index contributed by atoms with van der Waals surface area (Å²) in [7, 11) is 0. The van der Waals surface area contributed by atoms with Crippen molar-refractivity contribution in [3.63, 3.8) is 0 Å². The van der Waals surface area contributed by atoms with Crippen molar-refractivity contribution in [2.45, 2.75) is 26.2 Å². The monoisotopic (exact) mass is 250 g/mol. The lowest BCUT2D eigenvalue weighted by molar-refractivity contribution is 0.522. The number of nitrogens with one attached hydrogen (secondary N) is 1. The summed E-state index contributed by atoms with van der Waals surface area (Å²) in [5, 5.41) is 14.9. The third-order valence-corrected chi connectivity index (χ3v) is 4.41. The number of nitrogens with zero attached hydrogens (tertiary/aromatic N) is 1. The minimum atomic E-state index is 0.523. The van der Waals surface area contributed by atoms with Gasteiger partial charge in [0.15, 0.2) is 0 Å². The van der Waals surface area contributed by atoms with Crippen LogP contribution in [0.3, 0.4) is 0 Å². The molecule has 2 heteroatoms. The molecule has 1 saturated carbocycles. The fraction of sp³-hybridized carbons (Fsp3) is 0.353. The molecule has 0 spiro atoms. The molecule has 1 aliphatic rings. The Labute approximate surface area is 114 Å². The van der Waals surface area contributed by atoms with E-state index in [2.05, 4.69) is 24.4 Å². The molecule has 19 heavy (non-hydrogen) atoms. The zero-order chi connectivity index (χ0) is 13.3. The van der Waals surface area contributed by atoms with Crippen LogP contribution < -0.4 is 5.32 Å². The van der Waals surface area contributed by atoms with Gasteiger partial charge in [0.1, 0.15) is 0 Å². The van der Waals surface area contributed by atoms with Gasteiger partial charge in [0.2, 0.25) is 0 Å². The number of fused-ring (bicyclic) bond motifs is 1. The Morgan fingerprint density at radius 1 is 1.16 bits per heavy atom. The first-order valence-corrected chi connectivity index (χ1v) is 6.94. The van der Waals surface area contributed by atoms with E-state index in [0.717, 1.165) is 28.6 Å². The number of benzene rings is 2. The van der Waals surface area contributed by atoms with E-state index in [0.29, 0.717) is 5.41 Å². The maximum absolute atomic E-state index is 9.16. The van der Waals surface area contributed by atoms with E-state index in [1.165, 1.54) is 19.3 Å². The van der Waals surface area contributed by atoms with Gasteiger partial charge in [-0.05, 0) is 36.8 Å². The highest BCUT2D eigenvalue weighted by atomic mass is 14.9. The summed E-state index contributed by atoms with van der Waals surface area (Å²) in [6.45, 7) is 3.31. The van der Waals surface area contributed by atoms with Gasteiger partial charge in [-0.2, -0.15) is 5.26 Å². The van der Waals surface area contributed by atoms with Crippen LogP contribution in [0.1, 0.15) is 31.7 Å². The first kappa shape index (κ1) is 12.0. The van der Waals surface area contributed by atoms with Crippen molar-refractivity contribution in [1.82, 2.24) is 0 Å². The van der Waals surface area contributed by atoms with E-state index in [4.69, 9.17) is 5.26 Å². The standard InChI is InChI=1S/C17H18N2/c1-2-17(9-10-17)12-19-16-8-7-13(11-18)14-5-3-4-6-15(14)16/h3-8,19H,2,9-10,12H2,1H3. The van der Waals surface area contributed by atoms with E-state index in [-0.39, 0.29) is 0 Å². The predicted octanol–water partition coefficient (Wildman–Crippen LogP) is 4.31. The Morgan fingerprint density at radius 3 is 2.53 bits per heavy atom. The lowest BCUT2D eigenvalue weighted by atomic mass is 10.0. The zero-order valence-corrected chi connectivity index (χ0v) is 11.2. The molecule has 0 amide bonds. The van der Waals surface area contributed by atoms with Gasteiger partial charge in [0.25, 0.3) is 0 Å². The third kappa shape index (κ3) is 2.17. The van der Waals surface area contributed by atoms with E-state index >= 15 is 0 Å². The quantitative estimate of drug-likeness (QED) is 0.877. The Balaban J connectivity index is 1.94. The maximum Gasteiger partial charge on any atom is 0.0998 e. The predicted molar refractivity (Wildman–Crippen MR) is 79.1 cm³/mol. The topological polar surface area (TPSA) is 35.8 Å². The van der Waals surface area contributed by atoms with Crippen LogP contribution in [0.5, 0.6) is 0 Å². The number of anilines is 1. The van der Waals surface area contributed by atoms with E-state index in [9.17, 15) is 0 Å². The Kier molecular flexibility index (Phi) is 2.91. The van der Waals surface area contributed by atoms with Crippen molar-refractivity contribution < 1.29 is 0 Å². The van der Waals surface area contributed by atoms with Crippen LogP contribution >= 0.6 is 0 Å². The summed E-state index contributed by atoms with van der Waals surface area (Å²) < 4.78 is 0. The fourth-order valence-corrected chi connectivity index (χ4v) is 2.67. The highest BCUT2D eigenvalue weighted by Crippen LogP contribution is 2.48. The van der Waals surface area contributed by atoms with Crippen LogP contribution in [0.4, 0.5) is 5.69 Å². The van der Waals surface area contributed by atoms with Gasteiger partial charge in [-0.25, -0.2) is 0 Å². The molecule has 0 radical (unpaired) electrons. The summed E-state index contributed by atoms with van der Waals surface area (Å²) in [5.41, 5.74) is 2.42. The van der Waals surface area contributed by atoms with Crippen LogP contribution in [-0.4, -0.2) is 6.54 Å². The molecule has 0 aliphatic heterocycles. The highest BCUT2D eigenvalue weighted by molar-refractivity contribution is 5.97. The second-order valence-corrected chi connectivity index (χ2v) is 5.53. The molecule has 0 unspecified atom stereocenters. The molecular formula is C17H18N2. The van der Waals surface area contributed by atoms with Crippen molar-refractivity contribution in [1.29, 1.82) is 5.26 Å². The normalized spacial score (nSPS) is 16.0. The van der Waals surface area contributed by atoms with Gasteiger partial charge in [0.05, 0.1) is 11.6 Å². The van der Waals surface area contributed by atoms with Gasteiger partial charge in [-0.3, -0.25) is 0 Å². The van der Waals surface area contributed by atoms with Crippen molar-refractivity contribution in [3.8, 4) is 6.07 Å². The van der Waals surface area contributed by atoms with Gasteiger partial charge in [0, 0.05) is 23.0 Å². The second kappa shape index (κ2) is 4.59. The van der Waals surface area contributed by atoms with E-state index in [1.54, 1.807) is 0 Å². The largest absolute Gasteiger partial charge is 0.384 e. The van der Waals surface area contributed by atoms with Crippen molar-refractivity contribution in [3.05, 3.63) is 42.0 Å². The molecule has 96 valence electrons. The van der Waals surface area contributed by atoms with Crippen LogP contribution in [0, 0.1) is 16.7 Å². The summed E-state index contributed by atoms with van der Waals surface area (Å²) in [6, 6.07) is 14.3. The van der Waals surface area contributed by atoms with Gasteiger partial charge >= 0.3 is 0 Å². The average Bonchev–Trinajstić information content (AvgIpc) is 3.25. The molecular weight excluding hydrogens is 232 g/mol. The fourth-order valence-electron chi connectivity index (χ4n) is 2.67. The molecule has 3 rings (SSSR count). The van der Waals surface area contributed by atoms with Crippen LogP contribution in [0.25, 0.3) is 10.8 Å². The SMILES string of the molecule is CCC1(CNc2ccc(C#N)c3ccccc23)CC1. The maximum atomic E-state index is 9.16. The molecule has 0 atom stereocenters. The summed E-state index contributed by atoms with van der Waals surface area (Å²) in [6.07, 6.45) is 3.92. The zero-order valence-electron chi connectivity index (χ0n) is 11.2. The van der Waals surface area contributed by atoms with Gasteiger partial charge in [-0.1, -0.05) is 31.2 Å². The Morgan fingerprint density at radius 2 is 1.89 bits per heavy atom. The minimum Gasteiger partial charge on any atom is -0.384 e. The number of nitriles is 1. The summed E-state index contributed by atoms with van der Waals surface area (Å²) in [4.78, 5) is 0. The van der Waals surface area contributed by atoms with Crippen LogP contribution in [0.2, 0.25) is 0 Å². The number of hydrogen-bond donors (Lipinski definition) is 1. The lowest BCUT2D eigenvalue weighted by Gasteiger charge is -2.16. The second-order valence-electron chi connectivity index (χ2n) is 5.53. The average molecular weight is 250 g/mol. The molecule has 1 fully saturated rings. The lowest BCUT2D eigenvalue weighted by Crippen LogP contribution is -2.14. The Hall–Kier alpha value is -2.01. The van der Waals surface area contributed by atoms with Crippen molar-refractivity contribution in [2.75, 3.05) is 11.9 Å². The van der Waals surface area contributed by atoms with Gasteiger partial charge in [-0.15, -0.1) is 0 Å². The molecule has 0 saturated heterocycles. The van der Waals surface area contributed by atoms with Crippen molar-refractivity contribution in [2.24, 2.45) is 5.41 Å². The molecule has 2 aromatic rings. The molecule has 0 aromatic heterocycles. The molecule has 2 nitrogen and oxygen atoms in total. The van der Waals surface area contributed by atoms with E-state index < -0.39 is 0 Å². The van der Waals surface area contributed by atoms with Crippen LogP contribution in [-0.2, 0) is 0 Å². The molecule has 1 N–H and O–H groups in total. The molecule has 1 aliphatic carbocycles. The Bertz CT molecular complexity index is 648. The molecule has 0 bridgehead atoms. The number of rotatable bonds is 4. The van der Waals surface area contributed by atoms with Crippen LogP contribution in [0.15, 0.2) is 36.4 Å². The summed E-state index contributed by atoms with van der Waals surface area (Å²) in [5.74, 6) is 0. The smallest absolute Gasteiger partial charge is 0.0998 e. The first-order valence-electron chi connectivity index (χ1n) is 6.94. The number of hydrogen-bond acceptors (Lipinski definition) is 2. The van der Waals surface area contributed by atoms with Crippen molar-refractivity contribution >= 4 is 16.5 Å². The highest BCUT2D eigenvalue weighted by Gasteiger charge is 2.40. The first-order chi connectivity index (χ1) is 9.28. The third-order valence-electron chi connectivity index (χ3n) is 4.41. The molecule has 0 heterocycles. The summed E-state index contributed by atoms with van der Waals surface area (Å²) >= 11 is 0. The minimum absolute atomic E-state index is 0.523.